The van der Waals surface area contributed by atoms with E-state index in [0.717, 1.165) is 5.56 Å². The number of anilines is 1. The molecule has 0 aliphatic heterocycles. The molecule has 0 unspecified atom stereocenters. The second kappa shape index (κ2) is 5.88. The van der Waals surface area contributed by atoms with Crippen molar-refractivity contribution >= 4 is 17.5 Å². The molecule has 1 heterocycles. The summed E-state index contributed by atoms with van der Waals surface area (Å²) in [6.07, 6.45) is -2.71. The minimum atomic E-state index is -2.71. The van der Waals surface area contributed by atoms with Crippen LogP contribution in [-0.2, 0) is 6.54 Å². The maximum atomic E-state index is 12.5. The molecule has 19 heavy (non-hydrogen) atoms. The Bertz CT molecular complexity index is 577. The molecule has 0 atom stereocenters. The summed E-state index contributed by atoms with van der Waals surface area (Å²) in [5, 5.41) is 3.48. The van der Waals surface area contributed by atoms with Gasteiger partial charge in [0.1, 0.15) is 5.82 Å². The van der Waals surface area contributed by atoms with E-state index >= 15 is 0 Å². The summed E-state index contributed by atoms with van der Waals surface area (Å²) < 4.78 is 25.1. The fourth-order valence-corrected chi connectivity index (χ4v) is 1.72. The Morgan fingerprint density at radius 2 is 2.05 bits per heavy atom. The first-order chi connectivity index (χ1) is 9.04. The smallest absolute Gasteiger partial charge is 0.297 e. The molecule has 1 N–H and O–H groups in total. The van der Waals surface area contributed by atoms with Crippen molar-refractivity contribution in [3.05, 3.63) is 46.5 Å². The summed E-state index contributed by atoms with van der Waals surface area (Å²) in [5.41, 5.74) is 0.907. The number of nitrogens with one attached hydrogen (secondary N) is 1. The van der Waals surface area contributed by atoms with Crippen molar-refractivity contribution in [1.29, 1.82) is 0 Å². The third-order valence-electron chi connectivity index (χ3n) is 2.30. The molecule has 1 aromatic heterocycles. The van der Waals surface area contributed by atoms with E-state index in [-0.39, 0.29) is 11.8 Å². The predicted molar refractivity (Wildman–Crippen MR) is 68.3 cm³/mol. The summed E-state index contributed by atoms with van der Waals surface area (Å²) in [7, 11) is 0. The Morgan fingerprint density at radius 1 is 1.26 bits per heavy atom. The average Bonchev–Trinajstić information content (AvgIpc) is 2.36. The van der Waals surface area contributed by atoms with Gasteiger partial charge in [-0.2, -0.15) is 9.97 Å². The summed E-state index contributed by atoms with van der Waals surface area (Å²) in [6, 6.07) is 7.20. The molecule has 2 aromatic rings. The van der Waals surface area contributed by atoms with E-state index in [1.165, 1.54) is 6.92 Å². The van der Waals surface area contributed by atoms with Crippen LogP contribution in [0.5, 0.6) is 0 Å². The highest BCUT2D eigenvalue weighted by molar-refractivity contribution is 6.30. The SMILES string of the molecule is Cc1nc(NCc2cccc(Cl)c2)nc(C(F)F)n1. The van der Waals surface area contributed by atoms with Crippen LogP contribution in [0.1, 0.15) is 23.6 Å². The number of hydrogen-bond donors (Lipinski definition) is 1. The fraction of sp³-hybridized carbons (Fsp3) is 0.250. The van der Waals surface area contributed by atoms with Gasteiger partial charge in [0.25, 0.3) is 6.43 Å². The quantitative estimate of drug-likeness (QED) is 0.935. The molecule has 0 bridgehead atoms. The predicted octanol–water partition coefficient (Wildman–Crippen LogP) is 3.38. The molecule has 0 aliphatic rings. The van der Waals surface area contributed by atoms with Crippen LogP contribution in [0.15, 0.2) is 24.3 Å². The molecule has 0 aliphatic carbocycles. The van der Waals surface area contributed by atoms with Crippen molar-refractivity contribution in [1.82, 2.24) is 15.0 Å². The van der Waals surface area contributed by atoms with Crippen molar-refractivity contribution in [3.8, 4) is 0 Å². The van der Waals surface area contributed by atoms with Crippen LogP contribution in [0.3, 0.4) is 0 Å². The maximum absolute atomic E-state index is 12.5. The Labute approximate surface area is 113 Å². The lowest BCUT2D eigenvalue weighted by molar-refractivity contribution is 0.140. The third-order valence-corrected chi connectivity index (χ3v) is 2.53. The van der Waals surface area contributed by atoms with Crippen molar-refractivity contribution in [2.45, 2.75) is 19.9 Å². The molecular weight excluding hydrogens is 274 g/mol. The lowest BCUT2D eigenvalue weighted by atomic mass is 10.2. The summed E-state index contributed by atoms with van der Waals surface area (Å²) >= 11 is 5.85. The molecule has 0 spiro atoms. The van der Waals surface area contributed by atoms with Crippen LogP contribution in [0.25, 0.3) is 0 Å². The summed E-state index contributed by atoms with van der Waals surface area (Å²) in [6.45, 7) is 1.94. The number of benzene rings is 1. The third kappa shape index (κ3) is 3.82. The monoisotopic (exact) mass is 284 g/mol. The van der Waals surface area contributed by atoms with E-state index in [0.29, 0.717) is 11.6 Å². The maximum Gasteiger partial charge on any atom is 0.297 e. The number of rotatable bonds is 4. The fourth-order valence-electron chi connectivity index (χ4n) is 1.51. The largest absolute Gasteiger partial charge is 0.350 e. The van der Waals surface area contributed by atoms with Crippen LogP contribution in [0.4, 0.5) is 14.7 Å². The van der Waals surface area contributed by atoms with Crippen LogP contribution in [0.2, 0.25) is 5.02 Å². The lowest BCUT2D eigenvalue weighted by Gasteiger charge is -2.07. The highest BCUT2D eigenvalue weighted by Gasteiger charge is 2.13. The first kappa shape index (κ1) is 13.6. The first-order valence-electron chi connectivity index (χ1n) is 5.53. The van der Waals surface area contributed by atoms with Crippen molar-refractivity contribution in [2.24, 2.45) is 0 Å². The minimum absolute atomic E-state index is 0.128. The van der Waals surface area contributed by atoms with Gasteiger partial charge in [0.2, 0.25) is 11.8 Å². The van der Waals surface area contributed by atoms with E-state index in [4.69, 9.17) is 11.6 Å². The van der Waals surface area contributed by atoms with Gasteiger partial charge in [0.15, 0.2) is 0 Å². The van der Waals surface area contributed by atoms with Crippen LogP contribution in [0, 0.1) is 6.92 Å². The zero-order valence-electron chi connectivity index (χ0n) is 10.1. The molecular formula is C12H11ClF2N4. The van der Waals surface area contributed by atoms with Gasteiger partial charge in [-0.1, -0.05) is 23.7 Å². The van der Waals surface area contributed by atoms with Crippen molar-refractivity contribution < 1.29 is 8.78 Å². The number of nitrogens with zero attached hydrogens (tertiary/aromatic N) is 3. The van der Waals surface area contributed by atoms with Crippen LogP contribution >= 0.6 is 11.6 Å². The zero-order chi connectivity index (χ0) is 13.8. The highest BCUT2D eigenvalue weighted by atomic mass is 35.5. The van der Waals surface area contributed by atoms with Gasteiger partial charge < -0.3 is 5.32 Å². The van der Waals surface area contributed by atoms with E-state index < -0.39 is 12.2 Å². The summed E-state index contributed by atoms with van der Waals surface area (Å²) in [5.74, 6) is -0.150. The van der Waals surface area contributed by atoms with Crippen LogP contribution < -0.4 is 5.32 Å². The van der Waals surface area contributed by atoms with Gasteiger partial charge in [0, 0.05) is 11.6 Å². The van der Waals surface area contributed by atoms with Gasteiger partial charge >= 0.3 is 0 Å². The second-order valence-corrected chi connectivity index (χ2v) is 4.29. The minimum Gasteiger partial charge on any atom is -0.350 e. The highest BCUT2D eigenvalue weighted by Crippen LogP contribution is 2.16. The van der Waals surface area contributed by atoms with Gasteiger partial charge in [-0.3, -0.25) is 0 Å². The Kier molecular flexibility index (Phi) is 4.21. The lowest BCUT2D eigenvalue weighted by Crippen LogP contribution is -2.08. The molecule has 0 saturated carbocycles. The Hall–Kier alpha value is -1.82. The number of halogens is 3. The number of alkyl halides is 2. The van der Waals surface area contributed by atoms with E-state index in [1.807, 2.05) is 12.1 Å². The molecule has 0 fully saturated rings. The normalized spacial score (nSPS) is 10.8. The Balaban J connectivity index is 2.11. The first-order valence-corrected chi connectivity index (χ1v) is 5.91. The molecule has 7 heteroatoms. The topological polar surface area (TPSA) is 50.7 Å². The molecule has 4 nitrogen and oxygen atoms in total. The molecule has 0 radical (unpaired) electrons. The molecule has 1 aromatic carbocycles. The van der Waals surface area contributed by atoms with E-state index in [9.17, 15) is 8.78 Å². The summed E-state index contributed by atoms with van der Waals surface area (Å²) in [4.78, 5) is 11.2. The number of hydrogen-bond acceptors (Lipinski definition) is 4. The molecule has 2 rings (SSSR count). The molecule has 0 saturated heterocycles. The molecule has 100 valence electrons. The standard InChI is InChI=1S/C12H11ClF2N4/c1-7-17-11(10(14)15)19-12(18-7)16-6-8-3-2-4-9(13)5-8/h2-5,10H,6H2,1H3,(H,16,17,18,19). The average molecular weight is 285 g/mol. The Morgan fingerprint density at radius 3 is 2.74 bits per heavy atom. The van der Waals surface area contributed by atoms with Crippen LogP contribution in [-0.4, -0.2) is 15.0 Å². The van der Waals surface area contributed by atoms with Gasteiger partial charge in [-0.15, -0.1) is 0 Å². The van der Waals surface area contributed by atoms with E-state index in [1.54, 1.807) is 12.1 Å². The molecule has 0 amide bonds. The second-order valence-electron chi connectivity index (χ2n) is 3.85. The van der Waals surface area contributed by atoms with Gasteiger partial charge in [-0.25, -0.2) is 13.8 Å². The zero-order valence-corrected chi connectivity index (χ0v) is 10.8. The van der Waals surface area contributed by atoms with E-state index in [2.05, 4.69) is 20.3 Å². The van der Waals surface area contributed by atoms with Crippen molar-refractivity contribution in [3.63, 3.8) is 0 Å². The van der Waals surface area contributed by atoms with Gasteiger partial charge in [0.05, 0.1) is 0 Å². The number of aromatic nitrogens is 3. The van der Waals surface area contributed by atoms with Gasteiger partial charge in [-0.05, 0) is 24.6 Å². The number of aryl methyl sites for hydroxylation is 1. The van der Waals surface area contributed by atoms with Crippen molar-refractivity contribution in [2.75, 3.05) is 5.32 Å².